The average Bonchev–Trinajstić information content (AvgIpc) is 2.72. The zero-order valence-electron chi connectivity index (χ0n) is 12.9. The molecule has 0 saturated heterocycles. The van der Waals surface area contributed by atoms with E-state index in [4.69, 9.17) is 0 Å². The van der Waals surface area contributed by atoms with Crippen LogP contribution in [0.1, 0.15) is 30.4 Å². The fourth-order valence-electron chi connectivity index (χ4n) is 2.57. The molecular weight excluding hydrogens is 328 g/mol. The van der Waals surface area contributed by atoms with E-state index in [1.165, 1.54) is 5.69 Å². The van der Waals surface area contributed by atoms with Crippen molar-refractivity contribution in [3.63, 3.8) is 0 Å². The van der Waals surface area contributed by atoms with Gasteiger partial charge in [0, 0.05) is 31.4 Å². The summed E-state index contributed by atoms with van der Waals surface area (Å²) in [6.45, 7) is 5.16. The van der Waals surface area contributed by atoms with Crippen LogP contribution in [0.4, 0.5) is 0 Å². The standard InChI is InChI=1S/C16H23BrN4/c1-4-18-14(9-8-13-7-5-6-10-19-13)11-15-16(17)12(2)20-21(15)3/h5-7,10,14,18H,4,8-9,11H2,1-3H3. The third-order valence-electron chi connectivity index (χ3n) is 3.67. The fourth-order valence-corrected chi connectivity index (χ4v) is 3.07. The quantitative estimate of drug-likeness (QED) is 0.834. The lowest BCUT2D eigenvalue weighted by Crippen LogP contribution is -2.32. The van der Waals surface area contributed by atoms with Gasteiger partial charge in [0.05, 0.1) is 15.9 Å². The van der Waals surface area contributed by atoms with E-state index in [-0.39, 0.29) is 0 Å². The van der Waals surface area contributed by atoms with Crippen molar-refractivity contribution in [3.05, 3.63) is 46.0 Å². The maximum absolute atomic E-state index is 4.47. The van der Waals surface area contributed by atoms with Gasteiger partial charge in [-0.2, -0.15) is 5.10 Å². The molecule has 1 N–H and O–H groups in total. The topological polar surface area (TPSA) is 42.7 Å². The molecule has 2 aromatic heterocycles. The van der Waals surface area contributed by atoms with E-state index in [1.54, 1.807) is 0 Å². The van der Waals surface area contributed by atoms with Gasteiger partial charge >= 0.3 is 0 Å². The largest absolute Gasteiger partial charge is 0.314 e. The van der Waals surface area contributed by atoms with Crippen LogP contribution in [0.5, 0.6) is 0 Å². The van der Waals surface area contributed by atoms with Crippen molar-refractivity contribution in [2.45, 2.75) is 39.2 Å². The molecule has 0 saturated carbocycles. The molecule has 2 aromatic rings. The molecule has 1 unspecified atom stereocenters. The second-order valence-corrected chi connectivity index (χ2v) is 6.08. The van der Waals surface area contributed by atoms with Crippen molar-refractivity contribution >= 4 is 15.9 Å². The number of rotatable bonds is 7. The summed E-state index contributed by atoms with van der Waals surface area (Å²) < 4.78 is 3.11. The third-order valence-corrected chi connectivity index (χ3v) is 4.70. The van der Waals surface area contributed by atoms with E-state index in [1.807, 2.05) is 37.0 Å². The van der Waals surface area contributed by atoms with Gasteiger partial charge in [-0.25, -0.2) is 0 Å². The lowest BCUT2D eigenvalue weighted by atomic mass is 10.0. The van der Waals surface area contributed by atoms with Gasteiger partial charge < -0.3 is 5.32 Å². The van der Waals surface area contributed by atoms with Crippen molar-refractivity contribution in [2.75, 3.05) is 6.54 Å². The Morgan fingerprint density at radius 3 is 2.76 bits per heavy atom. The SMILES string of the molecule is CCNC(CCc1ccccn1)Cc1c(Br)c(C)nn1C. The summed E-state index contributed by atoms with van der Waals surface area (Å²) in [5.74, 6) is 0. The Morgan fingerprint density at radius 2 is 2.19 bits per heavy atom. The van der Waals surface area contributed by atoms with Crippen LogP contribution >= 0.6 is 15.9 Å². The zero-order chi connectivity index (χ0) is 15.2. The van der Waals surface area contributed by atoms with Gasteiger partial charge in [-0.05, 0) is 54.4 Å². The molecule has 0 radical (unpaired) electrons. The monoisotopic (exact) mass is 350 g/mol. The minimum Gasteiger partial charge on any atom is -0.314 e. The number of halogens is 1. The summed E-state index contributed by atoms with van der Waals surface area (Å²) in [4.78, 5) is 4.40. The third kappa shape index (κ3) is 4.38. The molecule has 0 fully saturated rings. The van der Waals surface area contributed by atoms with E-state index >= 15 is 0 Å². The van der Waals surface area contributed by atoms with Crippen LogP contribution in [0, 0.1) is 6.92 Å². The summed E-state index contributed by atoms with van der Waals surface area (Å²) in [6.07, 6.45) is 4.89. The Balaban J connectivity index is 2.02. The predicted molar refractivity (Wildman–Crippen MR) is 89.4 cm³/mol. The van der Waals surface area contributed by atoms with E-state index in [9.17, 15) is 0 Å². The molecule has 0 aliphatic carbocycles. The highest BCUT2D eigenvalue weighted by Crippen LogP contribution is 2.22. The summed E-state index contributed by atoms with van der Waals surface area (Å²) in [7, 11) is 2.01. The van der Waals surface area contributed by atoms with E-state index in [2.05, 4.69) is 44.3 Å². The molecule has 0 aliphatic rings. The molecule has 0 aliphatic heterocycles. The van der Waals surface area contributed by atoms with Gasteiger partial charge in [0.15, 0.2) is 0 Å². The molecule has 2 heterocycles. The molecule has 0 bridgehead atoms. The molecule has 4 nitrogen and oxygen atoms in total. The van der Waals surface area contributed by atoms with Crippen LogP contribution in [0.25, 0.3) is 0 Å². The smallest absolute Gasteiger partial charge is 0.0738 e. The summed E-state index contributed by atoms with van der Waals surface area (Å²) in [5, 5.41) is 8.05. The second kappa shape index (κ2) is 7.71. The molecule has 0 amide bonds. The molecular formula is C16H23BrN4. The molecule has 114 valence electrons. The van der Waals surface area contributed by atoms with Gasteiger partial charge in [-0.3, -0.25) is 9.67 Å². The van der Waals surface area contributed by atoms with E-state index in [0.29, 0.717) is 6.04 Å². The van der Waals surface area contributed by atoms with Crippen molar-refractivity contribution in [3.8, 4) is 0 Å². The molecule has 0 spiro atoms. The van der Waals surface area contributed by atoms with Crippen LogP contribution in [0.2, 0.25) is 0 Å². The number of nitrogens with one attached hydrogen (secondary N) is 1. The summed E-state index contributed by atoms with van der Waals surface area (Å²) in [5.41, 5.74) is 3.45. The average molecular weight is 351 g/mol. The van der Waals surface area contributed by atoms with Gasteiger partial charge in [0.2, 0.25) is 0 Å². The van der Waals surface area contributed by atoms with Crippen LogP contribution in [0.3, 0.4) is 0 Å². The van der Waals surface area contributed by atoms with E-state index < -0.39 is 0 Å². The first-order valence-electron chi connectivity index (χ1n) is 7.43. The van der Waals surface area contributed by atoms with Crippen LogP contribution in [-0.4, -0.2) is 27.4 Å². The minimum atomic E-state index is 0.433. The number of hydrogen-bond acceptors (Lipinski definition) is 3. The number of nitrogens with zero attached hydrogens (tertiary/aromatic N) is 3. The highest BCUT2D eigenvalue weighted by Gasteiger charge is 2.16. The zero-order valence-corrected chi connectivity index (χ0v) is 14.5. The first kappa shape index (κ1) is 16.2. The number of likely N-dealkylation sites (N-methyl/N-ethyl adjacent to an activating group) is 1. The molecule has 0 aromatic carbocycles. The molecule has 1 atom stereocenters. The van der Waals surface area contributed by atoms with E-state index in [0.717, 1.165) is 41.7 Å². The number of aryl methyl sites for hydroxylation is 3. The minimum absolute atomic E-state index is 0.433. The first-order valence-corrected chi connectivity index (χ1v) is 8.22. The van der Waals surface area contributed by atoms with Crippen LogP contribution in [-0.2, 0) is 19.9 Å². The van der Waals surface area contributed by atoms with Crippen molar-refractivity contribution in [2.24, 2.45) is 7.05 Å². The maximum Gasteiger partial charge on any atom is 0.0738 e. The van der Waals surface area contributed by atoms with Gasteiger partial charge in [-0.15, -0.1) is 0 Å². The normalized spacial score (nSPS) is 12.6. The van der Waals surface area contributed by atoms with Gasteiger partial charge in [-0.1, -0.05) is 13.0 Å². The van der Waals surface area contributed by atoms with Gasteiger partial charge in [0.25, 0.3) is 0 Å². The Bertz CT molecular complexity index is 565. The Hall–Kier alpha value is -1.20. The van der Waals surface area contributed by atoms with Crippen molar-refractivity contribution in [1.82, 2.24) is 20.1 Å². The Morgan fingerprint density at radius 1 is 1.38 bits per heavy atom. The van der Waals surface area contributed by atoms with Crippen LogP contribution in [0.15, 0.2) is 28.9 Å². The van der Waals surface area contributed by atoms with Crippen molar-refractivity contribution in [1.29, 1.82) is 0 Å². The number of pyridine rings is 1. The second-order valence-electron chi connectivity index (χ2n) is 5.29. The summed E-state index contributed by atoms with van der Waals surface area (Å²) in [6, 6.07) is 6.53. The Labute approximate surface area is 135 Å². The molecule has 21 heavy (non-hydrogen) atoms. The highest BCUT2D eigenvalue weighted by atomic mass is 79.9. The molecule has 5 heteroatoms. The maximum atomic E-state index is 4.47. The van der Waals surface area contributed by atoms with Crippen molar-refractivity contribution < 1.29 is 0 Å². The fraction of sp³-hybridized carbons (Fsp3) is 0.500. The Kier molecular flexibility index (Phi) is 5.94. The van der Waals surface area contributed by atoms with Crippen LogP contribution < -0.4 is 5.32 Å². The molecule has 2 rings (SSSR count). The highest BCUT2D eigenvalue weighted by molar-refractivity contribution is 9.10. The lowest BCUT2D eigenvalue weighted by Gasteiger charge is -2.18. The predicted octanol–water partition coefficient (Wildman–Crippen LogP) is 3.04. The summed E-state index contributed by atoms with van der Waals surface area (Å²) >= 11 is 3.65. The van der Waals surface area contributed by atoms with Gasteiger partial charge in [0.1, 0.15) is 0 Å². The number of hydrogen-bond donors (Lipinski definition) is 1. The first-order chi connectivity index (χ1) is 10.1. The number of aromatic nitrogens is 3. The lowest BCUT2D eigenvalue weighted by molar-refractivity contribution is 0.475.